The van der Waals surface area contributed by atoms with Gasteiger partial charge in [0.25, 0.3) is 11.5 Å². The highest BCUT2D eigenvalue weighted by atomic mass is 16.5. The molecule has 0 saturated heterocycles. The molecule has 9 nitrogen and oxygen atoms in total. The first kappa shape index (κ1) is 24.7. The van der Waals surface area contributed by atoms with Gasteiger partial charge in [-0.25, -0.2) is 9.48 Å². The SMILES string of the molecule is CCOC(=O)Nc1cccc(Cn2nc(-c3ccc(C(=O)NCCN(C)C)cc3)ccc2=O)c1. The Morgan fingerprint density at radius 1 is 1.06 bits per heavy atom. The number of anilines is 1. The molecule has 34 heavy (non-hydrogen) atoms. The summed E-state index contributed by atoms with van der Waals surface area (Å²) < 4.78 is 6.26. The minimum absolute atomic E-state index is 0.136. The highest BCUT2D eigenvalue weighted by Crippen LogP contribution is 2.17. The van der Waals surface area contributed by atoms with Gasteiger partial charge in [0.1, 0.15) is 0 Å². The van der Waals surface area contributed by atoms with Crippen LogP contribution >= 0.6 is 0 Å². The smallest absolute Gasteiger partial charge is 0.411 e. The number of benzene rings is 2. The zero-order valence-corrected chi connectivity index (χ0v) is 19.6. The van der Waals surface area contributed by atoms with Gasteiger partial charge < -0.3 is 15.0 Å². The lowest BCUT2D eigenvalue weighted by Gasteiger charge is -2.11. The van der Waals surface area contributed by atoms with E-state index in [1.807, 2.05) is 37.2 Å². The van der Waals surface area contributed by atoms with Crippen LogP contribution in [0.4, 0.5) is 10.5 Å². The number of nitrogens with one attached hydrogen (secondary N) is 2. The van der Waals surface area contributed by atoms with Crippen LogP contribution in [0.15, 0.2) is 65.5 Å². The van der Waals surface area contributed by atoms with Gasteiger partial charge in [0.05, 0.1) is 18.8 Å². The molecule has 178 valence electrons. The summed E-state index contributed by atoms with van der Waals surface area (Å²) in [6.07, 6.45) is -0.535. The molecule has 0 aliphatic rings. The Morgan fingerprint density at radius 2 is 1.82 bits per heavy atom. The van der Waals surface area contributed by atoms with Crippen LogP contribution in [0.2, 0.25) is 0 Å². The number of carbonyl (C=O) groups is 2. The van der Waals surface area contributed by atoms with E-state index >= 15 is 0 Å². The van der Waals surface area contributed by atoms with E-state index in [2.05, 4.69) is 15.7 Å². The second-order valence-electron chi connectivity index (χ2n) is 7.90. The van der Waals surface area contributed by atoms with Crippen molar-refractivity contribution in [2.24, 2.45) is 0 Å². The van der Waals surface area contributed by atoms with Gasteiger partial charge in [-0.15, -0.1) is 0 Å². The van der Waals surface area contributed by atoms with Gasteiger partial charge in [0, 0.05) is 36.0 Å². The van der Waals surface area contributed by atoms with Crippen LogP contribution in [0.1, 0.15) is 22.8 Å². The molecule has 1 aromatic heterocycles. The lowest BCUT2D eigenvalue weighted by atomic mass is 10.1. The number of carbonyl (C=O) groups excluding carboxylic acids is 2. The Balaban J connectivity index is 1.72. The molecule has 2 N–H and O–H groups in total. The largest absolute Gasteiger partial charge is 0.450 e. The lowest BCUT2D eigenvalue weighted by Crippen LogP contribution is -2.31. The molecule has 3 rings (SSSR count). The predicted molar refractivity (Wildman–Crippen MR) is 131 cm³/mol. The third kappa shape index (κ3) is 7.01. The van der Waals surface area contributed by atoms with Crippen LogP contribution in [-0.2, 0) is 11.3 Å². The highest BCUT2D eigenvalue weighted by Gasteiger charge is 2.09. The minimum atomic E-state index is -0.535. The molecule has 2 amide bonds. The lowest BCUT2D eigenvalue weighted by molar-refractivity contribution is 0.0951. The van der Waals surface area contributed by atoms with Gasteiger partial charge in [-0.05, 0) is 56.9 Å². The summed E-state index contributed by atoms with van der Waals surface area (Å²) >= 11 is 0. The second-order valence-corrected chi connectivity index (χ2v) is 7.90. The monoisotopic (exact) mass is 463 g/mol. The topological polar surface area (TPSA) is 106 Å². The van der Waals surface area contributed by atoms with Gasteiger partial charge in [-0.1, -0.05) is 24.3 Å². The van der Waals surface area contributed by atoms with Gasteiger partial charge >= 0.3 is 6.09 Å². The Morgan fingerprint density at radius 3 is 2.53 bits per heavy atom. The Hall–Kier alpha value is -3.98. The maximum absolute atomic E-state index is 12.4. The number of hydrogen-bond donors (Lipinski definition) is 2. The van der Waals surface area contributed by atoms with Gasteiger partial charge in [-0.3, -0.25) is 14.9 Å². The molecule has 1 heterocycles. The molecular weight excluding hydrogens is 434 g/mol. The molecule has 0 bridgehead atoms. The van der Waals surface area contributed by atoms with E-state index in [9.17, 15) is 14.4 Å². The third-order valence-corrected chi connectivity index (χ3v) is 4.94. The molecule has 0 unspecified atom stereocenters. The van der Waals surface area contributed by atoms with Gasteiger partial charge in [0.2, 0.25) is 0 Å². The fourth-order valence-electron chi connectivity index (χ4n) is 3.21. The molecule has 0 aliphatic heterocycles. The van der Waals surface area contributed by atoms with Crippen LogP contribution in [0, 0.1) is 0 Å². The van der Waals surface area contributed by atoms with Crippen molar-refractivity contribution < 1.29 is 14.3 Å². The Kier molecular flexibility index (Phi) is 8.53. The maximum Gasteiger partial charge on any atom is 0.411 e. The minimum Gasteiger partial charge on any atom is -0.450 e. The fraction of sp³-hybridized carbons (Fsp3) is 0.280. The van der Waals surface area contributed by atoms with E-state index in [1.54, 1.807) is 43.3 Å². The van der Waals surface area contributed by atoms with Crippen molar-refractivity contribution in [1.82, 2.24) is 20.0 Å². The van der Waals surface area contributed by atoms with Crippen LogP contribution in [0.3, 0.4) is 0 Å². The second kappa shape index (κ2) is 11.8. The van der Waals surface area contributed by atoms with Crippen molar-refractivity contribution in [2.75, 3.05) is 39.1 Å². The summed E-state index contributed by atoms with van der Waals surface area (Å²) in [5.74, 6) is -0.136. The average Bonchev–Trinajstić information content (AvgIpc) is 2.81. The number of amides is 2. The maximum atomic E-state index is 12.4. The number of rotatable bonds is 9. The summed E-state index contributed by atoms with van der Waals surface area (Å²) in [7, 11) is 3.90. The molecule has 0 spiro atoms. The van der Waals surface area contributed by atoms with E-state index in [0.29, 0.717) is 23.5 Å². The number of ether oxygens (including phenoxy) is 1. The molecule has 0 fully saturated rings. The standard InChI is InChI=1S/C25H29N5O4/c1-4-34-25(33)27-21-7-5-6-18(16-21)17-30-23(31)13-12-22(28-30)19-8-10-20(11-9-19)24(32)26-14-15-29(2)3/h5-13,16H,4,14-15,17H2,1-3H3,(H,26,32)(H,27,33). The summed E-state index contributed by atoms with van der Waals surface area (Å²) in [5, 5.41) is 10.0. The van der Waals surface area contributed by atoms with Crippen molar-refractivity contribution in [2.45, 2.75) is 13.5 Å². The van der Waals surface area contributed by atoms with Crippen LogP contribution in [0.25, 0.3) is 11.3 Å². The van der Waals surface area contributed by atoms with E-state index < -0.39 is 6.09 Å². The third-order valence-electron chi connectivity index (χ3n) is 4.94. The average molecular weight is 464 g/mol. The molecule has 3 aromatic rings. The van der Waals surface area contributed by atoms with E-state index in [1.165, 1.54) is 10.7 Å². The summed E-state index contributed by atoms with van der Waals surface area (Å²) in [5.41, 5.74) is 3.08. The van der Waals surface area contributed by atoms with Crippen molar-refractivity contribution >= 4 is 17.7 Å². The highest BCUT2D eigenvalue weighted by molar-refractivity contribution is 5.94. The van der Waals surface area contributed by atoms with E-state index in [4.69, 9.17) is 4.74 Å². The molecule has 9 heteroatoms. The van der Waals surface area contributed by atoms with Crippen LogP contribution < -0.4 is 16.2 Å². The van der Waals surface area contributed by atoms with Gasteiger partial charge in [-0.2, -0.15) is 5.10 Å². The van der Waals surface area contributed by atoms with E-state index in [-0.39, 0.29) is 24.6 Å². The van der Waals surface area contributed by atoms with Crippen molar-refractivity contribution in [1.29, 1.82) is 0 Å². The van der Waals surface area contributed by atoms with Crippen molar-refractivity contribution in [3.8, 4) is 11.3 Å². The summed E-state index contributed by atoms with van der Waals surface area (Å²) in [4.78, 5) is 38.3. The van der Waals surface area contributed by atoms with Gasteiger partial charge in [0.15, 0.2) is 0 Å². The zero-order chi connectivity index (χ0) is 24.5. The molecule has 2 aromatic carbocycles. The Bertz CT molecular complexity index is 1190. The first-order chi connectivity index (χ1) is 16.4. The number of likely N-dealkylation sites (N-methyl/N-ethyl adjacent to an activating group) is 1. The first-order valence-electron chi connectivity index (χ1n) is 11.0. The summed E-state index contributed by atoms with van der Waals surface area (Å²) in [6.45, 7) is 3.57. The number of nitrogens with zero attached hydrogens (tertiary/aromatic N) is 3. The summed E-state index contributed by atoms with van der Waals surface area (Å²) in [6, 6.07) is 17.4. The number of hydrogen-bond acceptors (Lipinski definition) is 6. The molecule has 0 aliphatic carbocycles. The normalized spacial score (nSPS) is 10.7. The molecular formula is C25H29N5O4. The fourth-order valence-corrected chi connectivity index (χ4v) is 3.21. The van der Waals surface area contributed by atoms with Crippen molar-refractivity contribution in [3.05, 3.63) is 82.1 Å². The molecule has 0 saturated carbocycles. The zero-order valence-electron chi connectivity index (χ0n) is 19.6. The first-order valence-corrected chi connectivity index (χ1v) is 11.0. The predicted octanol–water partition coefficient (Wildman–Crippen LogP) is 2.82. The van der Waals surface area contributed by atoms with Crippen LogP contribution in [-0.4, -0.2) is 60.5 Å². The molecule has 0 atom stereocenters. The van der Waals surface area contributed by atoms with E-state index in [0.717, 1.165) is 17.7 Å². The Labute approximate surface area is 198 Å². The van der Waals surface area contributed by atoms with Crippen molar-refractivity contribution in [3.63, 3.8) is 0 Å². The quantitative estimate of drug-likeness (QED) is 0.506. The van der Waals surface area contributed by atoms with Crippen LogP contribution in [0.5, 0.6) is 0 Å². The molecule has 0 radical (unpaired) electrons. The number of aromatic nitrogens is 2.